The second kappa shape index (κ2) is 6.39. The number of fused-ring (bicyclic) bond motifs is 1. The Morgan fingerprint density at radius 3 is 2.45 bits per heavy atom. The Morgan fingerprint density at radius 1 is 1.00 bits per heavy atom. The third-order valence-electron chi connectivity index (χ3n) is 4.28. The van der Waals surface area contributed by atoms with Gasteiger partial charge < -0.3 is 15.6 Å². The zero-order valence-electron chi connectivity index (χ0n) is 12.0. The lowest BCUT2D eigenvalue weighted by atomic mass is 10.1. The van der Waals surface area contributed by atoms with E-state index in [4.69, 9.17) is 5.73 Å². The molecule has 1 aromatic heterocycles. The van der Waals surface area contributed by atoms with Gasteiger partial charge in [-0.15, -0.1) is 0 Å². The lowest BCUT2D eigenvalue weighted by molar-refractivity contribution is 0.136. The zero-order chi connectivity index (χ0) is 13.8. The third-order valence-corrected chi connectivity index (χ3v) is 4.28. The van der Waals surface area contributed by atoms with E-state index < -0.39 is 0 Å². The summed E-state index contributed by atoms with van der Waals surface area (Å²) < 4.78 is 0. The Morgan fingerprint density at radius 2 is 1.70 bits per heavy atom. The first kappa shape index (κ1) is 13.6. The van der Waals surface area contributed by atoms with Crippen LogP contribution in [0.25, 0.3) is 10.9 Å². The molecule has 4 nitrogen and oxygen atoms in total. The molecule has 1 aromatic carbocycles. The zero-order valence-corrected chi connectivity index (χ0v) is 12.0. The van der Waals surface area contributed by atoms with Crippen LogP contribution >= 0.6 is 0 Å². The van der Waals surface area contributed by atoms with Gasteiger partial charge in [0.2, 0.25) is 0 Å². The molecule has 20 heavy (non-hydrogen) atoms. The molecule has 4 heteroatoms. The Hall–Kier alpha value is -1.36. The van der Waals surface area contributed by atoms with Gasteiger partial charge in [0, 0.05) is 62.9 Å². The fraction of sp³-hybridized carbons (Fsp3) is 0.500. The predicted octanol–water partition coefficient (Wildman–Crippen LogP) is 1.29. The molecule has 1 fully saturated rings. The maximum atomic E-state index is 5.61. The molecule has 3 rings (SSSR count). The van der Waals surface area contributed by atoms with Crippen LogP contribution in [0.15, 0.2) is 30.5 Å². The highest BCUT2D eigenvalue weighted by molar-refractivity contribution is 5.83. The standard InChI is InChI=1S/C16H24N4/c17-6-8-20-11-9-19(10-12-20)7-5-14-13-18-16-4-2-1-3-15(14)16/h1-4,13,18H,5-12,17H2. The minimum absolute atomic E-state index is 0.773. The second-order valence-corrected chi connectivity index (χ2v) is 5.58. The fourth-order valence-electron chi connectivity index (χ4n) is 3.04. The summed E-state index contributed by atoms with van der Waals surface area (Å²) in [6.45, 7) is 7.62. The first-order chi connectivity index (χ1) is 9.86. The monoisotopic (exact) mass is 272 g/mol. The molecule has 1 aliphatic heterocycles. The van der Waals surface area contributed by atoms with Crippen LogP contribution in [0.4, 0.5) is 0 Å². The lowest BCUT2D eigenvalue weighted by Gasteiger charge is -2.34. The van der Waals surface area contributed by atoms with E-state index in [1.54, 1.807) is 0 Å². The molecule has 0 aliphatic carbocycles. The maximum Gasteiger partial charge on any atom is 0.0456 e. The van der Waals surface area contributed by atoms with Crippen molar-refractivity contribution in [1.82, 2.24) is 14.8 Å². The quantitative estimate of drug-likeness (QED) is 0.862. The highest BCUT2D eigenvalue weighted by atomic mass is 15.3. The number of H-pyrrole nitrogens is 1. The Bertz CT molecular complexity index is 540. The van der Waals surface area contributed by atoms with Gasteiger partial charge in [0.25, 0.3) is 0 Å². The molecule has 0 atom stereocenters. The van der Waals surface area contributed by atoms with Crippen molar-refractivity contribution in [3.8, 4) is 0 Å². The number of rotatable bonds is 5. The van der Waals surface area contributed by atoms with Crippen molar-refractivity contribution in [3.05, 3.63) is 36.0 Å². The molecule has 1 aliphatic rings. The summed E-state index contributed by atoms with van der Waals surface area (Å²) in [5.74, 6) is 0. The van der Waals surface area contributed by atoms with E-state index in [1.807, 2.05) is 0 Å². The molecule has 0 amide bonds. The Kier molecular flexibility index (Phi) is 4.35. The van der Waals surface area contributed by atoms with Crippen LogP contribution in [-0.4, -0.2) is 60.6 Å². The van der Waals surface area contributed by atoms with Crippen LogP contribution in [0, 0.1) is 0 Å². The first-order valence-corrected chi connectivity index (χ1v) is 7.56. The van der Waals surface area contributed by atoms with Crippen molar-refractivity contribution >= 4 is 10.9 Å². The molecule has 0 spiro atoms. The molecular formula is C16H24N4. The average molecular weight is 272 g/mol. The Balaban J connectivity index is 1.53. The maximum absolute atomic E-state index is 5.61. The van der Waals surface area contributed by atoms with Gasteiger partial charge in [-0.3, -0.25) is 4.90 Å². The highest BCUT2D eigenvalue weighted by Crippen LogP contribution is 2.18. The molecule has 108 valence electrons. The molecule has 0 bridgehead atoms. The predicted molar refractivity (Wildman–Crippen MR) is 83.9 cm³/mol. The van der Waals surface area contributed by atoms with Crippen molar-refractivity contribution in [2.75, 3.05) is 45.8 Å². The fourth-order valence-corrected chi connectivity index (χ4v) is 3.04. The van der Waals surface area contributed by atoms with Crippen LogP contribution in [-0.2, 0) is 6.42 Å². The number of nitrogens with one attached hydrogen (secondary N) is 1. The number of benzene rings is 1. The van der Waals surface area contributed by atoms with E-state index in [0.29, 0.717) is 0 Å². The third kappa shape index (κ3) is 3.03. The van der Waals surface area contributed by atoms with Gasteiger partial charge in [0.05, 0.1) is 0 Å². The Labute approximate surface area is 120 Å². The second-order valence-electron chi connectivity index (χ2n) is 5.58. The molecule has 3 N–H and O–H groups in total. The van der Waals surface area contributed by atoms with Crippen molar-refractivity contribution in [1.29, 1.82) is 0 Å². The molecule has 0 radical (unpaired) electrons. The van der Waals surface area contributed by atoms with Gasteiger partial charge in [0.15, 0.2) is 0 Å². The number of piperazine rings is 1. The van der Waals surface area contributed by atoms with Gasteiger partial charge in [-0.05, 0) is 18.1 Å². The summed E-state index contributed by atoms with van der Waals surface area (Å²) in [6, 6.07) is 8.55. The van der Waals surface area contributed by atoms with Crippen LogP contribution in [0.3, 0.4) is 0 Å². The number of hydrogen-bond acceptors (Lipinski definition) is 3. The number of aromatic nitrogens is 1. The van der Waals surface area contributed by atoms with Gasteiger partial charge in [-0.2, -0.15) is 0 Å². The van der Waals surface area contributed by atoms with E-state index in [1.165, 1.54) is 29.6 Å². The highest BCUT2D eigenvalue weighted by Gasteiger charge is 2.16. The van der Waals surface area contributed by atoms with E-state index in [0.717, 1.165) is 39.1 Å². The minimum Gasteiger partial charge on any atom is -0.361 e. The SMILES string of the molecule is NCCN1CCN(CCc2c[nH]c3ccccc23)CC1. The van der Waals surface area contributed by atoms with Crippen LogP contribution in [0.5, 0.6) is 0 Å². The number of nitrogens with zero attached hydrogens (tertiary/aromatic N) is 2. The van der Waals surface area contributed by atoms with E-state index in [9.17, 15) is 0 Å². The van der Waals surface area contributed by atoms with Crippen LogP contribution < -0.4 is 5.73 Å². The summed E-state index contributed by atoms with van der Waals surface area (Å²) >= 11 is 0. The van der Waals surface area contributed by atoms with Crippen LogP contribution in [0.1, 0.15) is 5.56 Å². The molecular weight excluding hydrogens is 248 g/mol. The van der Waals surface area contributed by atoms with Gasteiger partial charge in [0.1, 0.15) is 0 Å². The number of para-hydroxylation sites is 1. The van der Waals surface area contributed by atoms with E-state index in [2.05, 4.69) is 45.2 Å². The van der Waals surface area contributed by atoms with E-state index in [-0.39, 0.29) is 0 Å². The molecule has 1 saturated heterocycles. The number of nitrogens with two attached hydrogens (primary N) is 1. The normalized spacial score (nSPS) is 17.9. The summed E-state index contributed by atoms with van der Waals surface area (Å²) in [6.07, 6.45) is 3.29. The first-order valence-electron chi connectivity index (χ1n) is 7.56. The summed E-state index contributed by atoms with van der Waals surface area (Å²) in [4.78, 5) is 8.38. The van der Waals surface area contributed by atoms with Crippen molar-refractivity contribution in [2.24, 2.45) is 5.73 Å². The van der Waals surface area contributed by atoms with Gasteiger partial charge >= 0.3 is 0 Å². The molecule has 0 unspecified atom stereocenters. The smallest absolute Gasteiger partial charge is 0.0456 e. The van der Waals surface area contributed by atoms with E-state index >= 15 is 0 Å². The van der Waals surface area contributed by atoms with Gasteiger partial charge in [-0.1, -0.05) is 18.2 Å². The molecule has 2 heterocycles. The molecule has 0 saturated carbocycles. The number of hydrogen-bond donors (Lipinski definition) is 2. The summed E-state index contributed by atoms with van der Waals surface area (Å²) in [5, 5.41) is 1.37. The molecule has 2 aromatic rings. The summed E-state index contributed by atoms with van der Waals surface area (Å²) in [7, 11) is 0. The van der Waals surface area contributed by atoms with Crippen molar-refractivity contribution < 1.29 is 0 Å². The largest absolute Gasteiger partial charge is 0.361 e. The van der Waals surface area contributed by atoms with Crippen molar-refractivity contribution in [3.63, 3.8) is 0 Å². The summed E-state index contributed by atoms with van der Waals surface area (Å²) in [5.41, 5.74) is 8.29. The minimum atomic E-state index is 0.773. The van der Waals surface area contributed by atoms with Crippen molar-refractivity contribution in [2.45, 2.75) is 6.42 Å². The van der Waals surface area contributed by atoms with Crippen LogP contribution in [0.2, 0.25) is 0 Å². The van der Waals surface area contributed by atoms with Gasteiger partial charge in [-0.25, -0.2) is 0 Å². The number of aromatic amines is 1. The average Bonchev–Trinajstić information content (AvgIpc) is 2.90. The lowest BCUT2D eigenvalue weighted by Crippen LogP contribution is -2.48. The topological polar surface area (TPSA) is 48.3 Å².